The topological polar surface area (TPSA) is 108 Å². The van der Waals surface area contributed by atoms with Crippen LogP contribution in [0.5, 0.6) is 0 Å². The van der Waals surface area contributed by atoms with Crippen molar-refractivity contribution >= 4 is 22.7 Å². The fraction of sp³-hybridized carbons (Fsp3) is 0.467. The van der Waals surface area contributed by atoms with Gasteiger partial charge in [0.1, 0.15) is 5.82 Å². The van der Waals surface area contributed by atoms with Gasteiger partial charge < -0.3 is 18.8 Å². The highest BCUT2D eigenvalue weighted by atomic mass is 19.1. The molecular weight excluding hydrogens is 337 g/mol. The first-order valence-corrected chi connectivity index (χ1v) is 7.79. The van der Waals surface area contributed by atoms with Crippen LogP contribution in [0.1, 0.15) is 12.8 Å². The quantitative estimate of drug-likeness (QED) is 0.593. The number of nitro benzene ring substituents is 1. The molecule has 4 rings (SSSR count). The molecule has 132 valence electrons. The highest BCUT2D eigenvalue weighted by Crippen LogP contribution is 2.34. The van der Waals surface area contributed by atoms with Crippen molar-refractivity contribution in [3.8, 4) is 0 Å². The average Bonchev–Trinajstić information content (AvgIpc) is 3.03. The summed E-state index contributed by atoms with van der Waals surface area (Å²) in [4.78, 5) is 28.1. The summed E-state index contributed by atoms with van der Waals surface area (Å²) in [5.74, 6) is -1.50. The number of hydrogen-bond acceptors (Lipinski definition) is 8. The van der Waals surface area contributed by atoms with Crippen molar-refractivity contribution in [1.82, 2.24) is 4.98 Å². The second kappa shape index (κ2) is 5.74. The van der Waals surface area contributed by atoms with E-state index >= 15 is 0 Å². The van der Waals surface area contributed by atoms with Gasteiger partial charge in [0.05, 0.1) is 29.6 Å². The van der Waals surface area contributed by atoms with Crippen LogP contribution in [-0.2, 0) is 9.47 Å². The molecule has 2 saturated heterocycles. The lowest BCUT2D eigenvalue weighted by molar-refractivity contribution is -0.383. The standard InChI is InChI=1S/C15H14FN3O6/c16-9-7-10-12(11(8-9)19(21)22)25-14(17-13(10)20)18-3-1-15(2-4-18)23-5-6-24-15/h7-8H,1-6H2. The zero-order valence-corrected chi connectivity index (χ0v) is 13.1. The number of rotatable bonds is 2. The lowest BCUT2D eigenvalue weighted by Crippen LogP contribution is -2.45. The van der Waals surface area contributed by atoms with Gasteiger partial charge in [-0.15, -0.1) is 0 Å². The summed E-state index contributed by atoms with van der Waals surface area (Å²) in [6, 6.07) is 1.58. The summed E-state index contributed by atoms with van der Waals surface area (Å²) in [5, 5.41) is 10.9. The number of nitrogens with zero attached hydrogens (tertiary/aromatic N) is 3. The van der Waals surface area contributed by atoms with E-state index in [0.717, 1.165) is 12.1 Å². The van der Waals surface area contributed by atoms with E-state index in [1.54, 1.807) is 4.90 Å². The number of anilines is 1. The van der Waals surface area contributed by atoms with Crippen molar-refractivity contribution in [2.75, 3.05) is 31.2 Å². The minimum Gasteiger partial charge on any atom is -0.417 e. The minimum atomic E-state index is -0.892. The fourth-order valence-electron chi connectivity index (χ4n) is 3.20. The van der Waals surface area contributed by atoms with Gasteiger partial charge in [0.15, 0.2) is 5.79 Å². The Labute approximate surface area is 140 Å². The van der Waals surface area contributed by atoms with Crippen molar-refractivity contribution < 1.29 is 23.2 Å². The molecule has 9 nitrogen and oxygen atoms in total. The molecular formula is C15H14FN3O6. The first-order chi connectivity index (χ1) is 12.0. The monoisotopic (exact) mass is 351 g/mol. The van der Waals surface area contributed by atoms with E-state index in [1.165, 1.54) is 0 Å². The Kier molecular flexibility index (Phi) is 3.65. The molecule has 0 saturated carbocycles. The van der Waals surface area contributed by atoms with Gasteiger partial charge in [-0.05, 0) is 6.07 Å². The van der Waals surface area contributed by atoms with Gasteiger partial charge in [-0.1, -0.05) is 0 Å². The third kappa shape index (κ3) is 2.72. The number of fused-ring (bicyclic) bond motifs is 1. The Morgan fingerprint density at radius 2 is 1.92 bits per heavy atom. The summed E-state index contributed by atoms with van der Waals surface area (Å²) in [7, 11) is 0. The number of hydrogen-bond donors (Lipinski definition) is 0. The van der Waals surface area contributed by atoms with Crippen LogP contribution in [0.3, 0.4) is 0 Å². The Morgan fingerprint density at radius 1 is 1.24 bits per heavy atom. The molecule has 0 amide bonds. The first-order valence-electron chi connectivity index (χ1n) is 7.79. The molecule has 1 spiro atoms. The number of piperidine rings is 1. The molecule has 0 atom stereocenters. The maximum Gasteiger partial charge on any atom is 0.315 e. The first kappa shape index (κ1) is 15.9. The van der Waals surface area contributed by atoms with Crippen molar-refractivity contribution in [3.63, 3.8) is 0 Å². The van der Waals surface area contributed by atoms with Gasteiger partial charge in [-0.2, -0.15) is 4.98 Å². The maximum atomic E-state index is 13.5. The van der Waals surface area contributed by atoms with Crippen LogP contribution < -0.4 is 10.5 Å². The lowest BCUT2D eigenvalue weighted by Gasteiger charge is -2.37. The normalized spacial score (nSPS) is 19.6. The molecule has 1 aromatic carbocycles. The fourth-order valence-corrected chi connectivity index (χ4v) is 3.20. The van der Waals surface area contributed by atoms with E-state index < -0.39 is 27.8 Å². The average molecular weight is 351 g/mol. The smallest absolute Gasteiger partial charge is 0.315 e. The third-order valence-corrected chi connectivity index (χ3v) is 4.46. The Morgan fingerprint density at radius 3 is 2.56 bits per heavy atom. The molecule has 0 unspecified atom stereocenters. The number of benzene rings is 1. The van der Waals surface area contributed by atoms with Crippen molar-refractivity contribution in [2.45, 2.75) is 18.6 Å². The summed E-state index contributed by atoms with van der Waals surface area (Å²) in [5.41, 5.74) is -1.66. The molecule has 10 heteroatoms. The van der Waals surface area contributed by atoms with E-state index in [9.17, 15) is 19.3 Å². The largest absolute Gasteiger partial charge is 0.417 e. The predicted octanol–water partition coefficient (Wildman–Crippen LogP) is 1.58. The molecule has 1 aromatic heterocycles. The molecule has 3 heterocycles. The van der Waals surface area contributed by atoms with Crippen LogP contribution >= 0.6 is 0 Å². The molecule has 2 aliphatic heterocycles. The molecule has 25 heavy (non-hydrogen) atoms. The van der Waals surface area contributed by atoms with Gasteiger partial charge in [-0.3, -0.25) is 14.9 Å². The molecule has 0 bridgehead atoms. The van der Waals surface area contributed by atoms with Gasteiger partial charge in [0.2, 0.25) is 5.58 Å². The molecule has 0 radical (unpaired) electrons. The third-order valence-electron chi connectivity index (χ3n) is 4.46. The van der Waals surface area contributed by atoms with Crippen LogP contribution in [0.2, 0.25) is 0 Å². The second-order valence-electron chi connectivity index (χ2n) is 5.95. The zero-order valence-electron chi connectivity index (χ0n) is 13.1. The van der Waals surface area contributed by atoms with E-state index in [4.69, 9.17) is 13.9 Å². The van der Waals surface area contributed by atoms with Gasteiger partial charge >= 0.3 is 11.7 Å². The van der Waals surface area contributed by atoms with Crippen LogP contribution in [0, 0.1) is 15.9 Å². The number of nitro groups is 1. The molecule has 2 fully saturated rings. The summed E-state index contributed by atoms with van der Waals surface area (Å²) in [6.07, 6.45) is 1.11. The minimum absolute atomic E-state index is 0.0277. The summed E-state index contributed by atoms with van der Waals surface area (Å²) >= 11 is 0. The highest BCUT2D eigenvalue weighted by Gasteiger charge is 2.40. The molecule has 0 N–H and O–H groups in total. The summed E-state index contributed by atoms with van der Waals surface area (Å²) in [6.45, 7) is 2.00. The highest BCUT2D eigenvalue weighted by molar-refractivity contribution is 5.85. The van der Waals surface area contributed by atoms with E-state index in [-0.39, 0.29) is 17.0 Å². The zero-order chi connectivity index (χ0) is 17.6. The van der Waals surface area contributed by atoms with E-state index in [2.05, 4.69) is 4.98 Å². The van der Waals surface area contributed by atoms with Crippen LogP contribution in [0.15, 0.2) is 21.3 Å². The van der Waals surface area contributed by atoms with Gasteiger partial charge in [0.25, 0.3) is 5.56 Å². The van der Waals surface area contributed by atoms with Gasteiger partial charge in [-0.25, -0.2) is 4.39 Å². The maximum absolute atomic E-state index is 13.5. The van der Waals surface area contributed by atoms with Crippen LogP contribution in [0.4, 0.5) is 16.1 Å². The van der Waals surface area contributed by atoms with Crippen LogP contribution in [0.25, 0.3) is 11.0 Å². The molecule has 0 aliphatic carbocycles. The Hall–Kier alpha value is -2.59. The van der Waals surface area contributed by atoms with Gasteiger partial charge in [0, 0.05) is 25.9 Å². The number of aromatic nitrogens is 1. The van der Waals surface area contributed by atoms with Crippen LogP contribution in [-0.4, -0.2) is 42.0 Å². The molecule has 2 aromatic rings. The second-order valence-corrected chi connectivity index (χ2v) is 5.95. The van der Waals surface area contributed by atoms with E-state index in [0.29, 0.717) is 39.1 Å². The number of ether oxygens (including phenoxy) is 2. The summed E-state index contributed by atoms with van der Waals surface area (Å²) < 4.78 is 30.3. The SMILES string of the molecule is O=c1nc(N2CCC3(CC2)OCCO3)oc2c([N+](=O)[O-])cc(F)cc12. The van der Waals surface area contributed by atoms with Crippen molar-refractivity contribution in [1.29, 1.82) is 0 Å². The number of non-ortho nitro benzene ring substituents is 1. The number of halogens is 1. The Balaban J connectivity index is 1.71. The van der Waals surface area contributed by atoms with Crippen molar-refractivity contribution in [3.05, 3.63) is 38.4 Å². The Bertz CT molecular complexity index is 898. The molecule has 2 aliphatic rings. The lowest BCUT2D eigenvalue weighted by atomic mass is 10.0. The predicted molar refractivity (Wildman–Crippen MR) is 83.0 cm³/mol. The van der Waals surface area contributed by atoms with E-state index in [1.807, 2.05) is 0 Å². The van der Waals surface area contributed by atoms with Crippen molar-refractivity contribution in [2.24, 2.45) is 0 Å².